The van der Waals surface area contributed by atoms with Crippen LogP contribution in [-0.2, 0) is 18.4 Å². The molecule has 0 amide bonds. The van der Waals surface area contributed by atoms with Crippen LogP contribution < -0.4 is 0 Å². The van der Waals surface area contributed by atoms with Crippen molar-refractivity contribution in [1.29, 1.82) is 0 Å². The Labute approximate surface area is 149 Å². The second kappa shape index (κ2) is 9.10. The zero-order valence-electron chi connectivity index (χ0n) is 16.2. The van der Waals surface area contributed by atoms with Gasteiger partial charge in [0.25, 0.3) is 5.97 Å². The van der Waals surface area contributed by atoms with Crippen molar-refractivity contribution in [1.82, 2.24) is 0 Å². The van der Waals surface area contributed by atoms with Crippen molar-refractivity contribution in [3.63, 3.8) is 0 Å². The van der Waals surface area contributed by atoms with Gasteiger partial charge in [-0.2, -0.15) is 0 Å². The van der Waals surface area contributed by atoms with Crippen molar-refractivity contribution < 1.29 is 18.4 Å². The van der Waals surface area contributed by atoms with Crippen LogP contribution in [0, 0.1) is 0 Å². The number of ketones is 1. The van der Waals surface area contributed by atoms with E-state index in [0.717, 1.165) is 37.7 Å². The Hall–Kier alpha value is -0.726. The predicted octanol–water partition coefficient (Wildman–Crippen LogP) is 4.82. The van der Waals surface area contributed by atoms with Crippen LogP contribution >= 0.6 is 0 Å². The van der Waals surface area contributed by atoms with Crippen molar-refractivity contribution >= 4 is 28.4 Å². The monoisotopic (exact) mass is 370 g/mol. The highest BCUT2D eigenvalue weighted by molar-refractivity contribution is 6.71. The standard InChI is InChI=1S/C18H34O4Si2/c1-23(2,3)21-16-13-15(17(19)14-16)11-9-7-8-10-12-18(20)22-24(4,5)6/h13,16H,7-12,14H2,1-6H3. The molecule has 0 fully saturated rings. The first-order valence-electron chi connectivity index (χ1n) is 9.10. The number of rotatable bonds is 10. The molecule has 1 aliphatic carbocycles. The van der Waals surface area contributed by atoms with Gasteiger partial charge in [-0.25, -0.2) is 0 Å². The molecule has 0 saturated heterocycles. The lowest BCUT2D eigenvalue weighted by Crippen LogP contribution is -2.30. The summed E-state index contributed by atoms with van der Waals surface area (Å²) in [6.07, 6.45) is 7.82. The van der Waals surface area contributed by atoms with Crippen molar-refractivity contribution in [2.75, 3.05) is 0 Å². The van der Waals surface area contributed by atoms with Crippen LogP contribution in [0.1, 0.15) is 44.9 Å². The van der Waals surface area contributed by atoms with E-state index in [1.54, 1.807) is 0 Å². The lowest BCUT2D eigenvalue weighted by Gasteiger charge is -2.21. The second-order valence-corrected chi connectivity index (χ2v) is 17.5. The molecule has 0 aromatic carbocycles. The van der Waals surface area contributed by atoms with Gasteiger partial charge in [0.2, 0.25) is 8.32 Å². The van der Waals surface area contributed by atoms with Gasteiger partial charge in [-0.15, -0.1) is 0 Å². The number of Topliss-reactive ketones (excluding diaryl/α,β-unsaturated/α-hetero) is 1. The fraction of sp³-hybridized carbons (Fsp3) is 0.778. The summed E-state index contributed by atoms with van der Waals surface area (Å²) in [6, 6.07) is 0. The van der Waals surface area contributed by atoms with Crippen molar-refractivity contribution in [3.8, 4) is 0 Å². The number of carbonyl (C=O) groups excluding carboxylic acids is 2. The third kappa shape index (κ3) is 9.54. The molecule has 0 bridgehead atoms. The first-order valence-corrected chi connectivity index (χ1v) is 15.9. The lowest BCUT2D eigenvalue weighted by atomic mass is 10.0. The first-order chi connectivity index (χ1) is 11.0. The van der Waals surface area contributed by atoms with Crippen LogP contribution in [0.25, 0.3) is 0 Å². The Bertz CT molecular complexity index is 472. The zero-order chi connectivity index (χ0) is 18.4. The molecule has 0 aliphatic heterocycles. The van der Waals surface area contributed by atoms with Gasteiger partial charge in [-0.1, -0.05) is 12.8 Å². The van der Waals surface area contributed by atoms with Crippen LogP contribution in [0.2, 0.25) is 39.3 Å². The van der Waals surface area contributed by atoms with Gasteiger partial charge in [0.1, 0.15) is 0 Å². The van der Waals surface area contributed by atoms with Crippen molar-refractivity contribution in [3.05, 3.63) is 11.6 Å². The second-order valence-electron chi connectivity index (χ2n) is 8.59. The topological polar surface area (TPSA) is 52.6 Å². The summed E-state index contributed by atoms with van der Waals surface area (Å²) in [6.45, 7) is 12.5. The molecule has 0 aromatic rings. The molecular weight excluding hydrogens is 336 g/mol. The van der Waals surface area contributed by atoms with Crippen LogP contribution in [-0.4, -0.2) is 34.5 Å². The molecule has 4 nitrogen and oxygen atoms in total. The van der Waals surface area contributed by atoms with E-state index in [1.165, 1.54) is 0 Å². The molecule has 0 saturated carbocycles. The summed E-state index contributed by atoms with van der Waals surface area (Å²) in [7, 11) is -3.34. The molecule has 0 heterocycles. The van der Waals surface area contributed by atoms with Crippen molar-refractivity contribution in [2.24, 2.45) is 0 Å². The van der Waals surface area contributed by atoms with Crippen LogP contribution in [0.15, 0.2) is 11.6 Å². The van der Waals surface area contributed by atoms with Gasteiger partial charge < -0.3 is 8.85 Å². The summed E-state index contributed by atoms with van der Waals surface area (Å²) in [5, 5.41) is 0. The molecule has 0 radical (unpaired) electrons. The summed E-state index contributed by atoms with van der Waals surface area (Å²) < 4.78 is 11.4. The van der Waals surface area contributed by atoms with E-state index in [4.69, 9.17) is 8.85 Å². The molecule has 1 atom stereocenters. The van der Waals surface area contributed by atoms with Gasteiger partial charge in [0.05, 0.1) is 6.10 Å². The SMILES string of the molecule is C[Si](C)(C)OC(=O)CCCCCCC1=CC(O[Si](C)(C)C)CC1=O. The van der Waals surface area contributed by atoms with Crippen LogP contribution in [0.4, 0.5) is 0 Å². The minimum Gasteiger partial charge on any atom is -0.520 e. The Kier molecular flexibility index (Phi) is 8.09. The van der Waals surface area contributed by atoms with E-state index in [9.17, 15) is 9.59 Å². The molecule has 138 valence electrons. The Morgan fingerprint density at radius 2 is 1.67 bits per heavy atom. The fourth-order valence-electron chi connectivity index (χ4n) is 2.77. The smallest absolute Gasteiger partial charge is 0.292 e. The minimum absolute atomic E-state index is 0.00417. The summed E-state index contributed by atoms with van der Waals surface area (Å²) >= 11 is 0. The van der Waals surface area contributed by atoms with Crippen LogP contribution in [0.3, 0.4) is 0 Å². The fourth-order valence-corrected chi connectivity index (χ4v) is 4.62. The Morgan fingerprint density at radius 1 is 1.04 bits per heavy atom. The number of allylic oxidation sites excluding steroid dienone is 1. The molecule has 6 heteroatoms. The van der Waals surface area contributed by atoms with Gasteiger partial charge in [-0.3, -0.25) is 9.59 Å². The van der Waals surface area contributed by atoms with E-state index in [1.807, 2.05) is 25.7 Å². The maximum atomic E-state index is 12.0. The van der Waals surface area contributed by atoms with Gasteiger partial charge >= 0.3 is 0 Å². The van der Waals surface area contributed by atoms with Crippen LogP contribution in [0.5, 0.6) is 0 Å². The maximum Gasteiger partial charge on any atom is 0.292 e. The summed E-state index contributed by atoms with van der Waals surface area (Å²) in [4.78, 5) is 23.7. The average Bonchev–Trinajstić information content (AvgIpc) is 2.69. The highest BCUT2D eigenvalue weighted by atomic mass is 28.4. The number of carbonyl (C=O) groups is 2. The minimum atomic E-state index is -1.75. The van der Waals surface area contributed by atoms with E-state index in [-0.39, 0.29) is 17.9 Å². The van der Waals surface area contributed by atoms with E-state index < -0.39 is 16.6 Å². The molecule has 0 N–H and O–H groups in total. The van der Waals surface area contributed by atoms with E-state index in [2.05, 4.69) is 19.6 Å². The van der Waals surface area contributed by atoms with E-state index in [0.29, 0.717) is 12.8 Å². The third-order valence-electron chi connectivity index (χ3n) is 3.63. The Morgan fingerprint density at radius 3 is 2.25 bits per heavy atom. The highest BCUT2D eigenvalue weighted by Crippen LogP contribution is 2.25. The number of unbranched alkanes of at least 4 members (excludes halogenated alkanes) is 3. The molecule has 1 unspecified atom stereocenters. The lowest BCUT2D eigenvalue weighted by molar-refractivity contribution is -0.135. The zero-order valence-corrected chi connectivity index (χ0v) is 18.2. The molecule has 1 aliphatic rings. The average molecular weight is 371 g/mol. The largest absolute Gasteiger partial charge is 0.520 e. The van der Waals surface area contributed by atoms with Gasteiger partial charge in [-0.05, 0) is 70.2 Å². The maximum absolute atomic E-state index is 12.0. The first kappa shape index (κ1) is 21.3. The highest BCUT2D eigenvalue weighted by Gasteiger charge is 2.28. The third-order valence-corrected chi connectivity index (χ3v) is 5.48. The quantitative estimate of drug-likeness (QED) is 0.408. The predicted molar refractivity (Wildman–Crippen MR) is 103 cm³/mol. The number of hydrogen-bond donors (Lipinski definition) is 0. The van der Waals surface area contributed by atoms with E-state index >= 15 is 0 Å². The summed E-state index contributed by atoms with van der Waals surface area (Å²) in [5.41, 5.74) is 0.941. The van der Waals surface area contributed by atoms with Gasteiger partial charge in [0, 0.05) is 12.8 Å². The van der Waals surface area contributed by atoms with Gasteiger partial charge in [0.15, 0.2) is 14.1 Å². The molecule has 0 aromatic heterocycles. The molecule has 24 heavy (non-hydrogen) atoms. The molecular formula is C18H34O4Si2. The summed E-state index contributed by atoms with van der Waals surface area (Å²) in [5.74, 6) is 0.186. The Balaban J connectivity index is 2.18. The van der Waals surface area contributed by atoms with Crippen molar-refractivity contribution in [2.45, 2.75) is 90.3 Å². The molecule has 1 rings (SSSR count). The number of hydrogen-bond acceptors (Lipinski definition) is 4. The molecule has 0 spiro atoms. The normalized spacial score (nSPS) is 18.7.